The molecule has 2 aromatic heterocycles. The van der Waals surface area contributed by atoms with Gasteiger partial charge in [-0.1, -0.05) is 11.3 Å². The minimum Gasteiger partial charge on any atom is -0.469 e. The van der Waals surface area contributed by atoms with Crippen molar-refractivity contribution in [3.8, 4) is 5.19 Å². The van der Waals surface area contributed by atoms with Crippen LogP contribution < -0.4 is 4.74 Å². The lowest BCUT2D eigenvalue weighted by Crippen LogP contribution is -2.43. The third-order valence-electron chi connectivity index (χ3n) is 3.16. The van der Waals surface area contributed by atoms with Crippen LogP contribution in [0.25, 0.3) is 0 Å². The molecule has 1 aliphatic rings. The molecule has 21 heavy (non-hydrogen) atoms. The average Bonchev–Trinajstić information content (AvgIpc) is 3.12. The molecule has 8 nitrogen and oxygen atoms in total. The Morgan fingerprint density at radius 2 is 2.43 bits per heavy atom. The molecule has 0 aromatic carbocycles. The number of morpholine rings is 1. The monoisotopic (exact) mass is 310 g/mol. The van der Waals surface area contributed by atoms with Crippen LogP contribution in [0.5, 0.6) is 5.19 Å². The van der Waals surface area contributed by atoms with Crippen molar-refractivity contribution in [2.75, 3.05) is 26.3 Å². The Morgan fingerprint density at radius 3 is 3.24 bits per heavy atom. The molecule has 0 saturated carbocycles. The first-order chi connectivity index (χ1) is 10.3. The Morgan fingerprint density at radius 1 is 1.48 bits per heavy atom. The Balaban J connectivity index is 1.53. The van der Waals surface area contributed by atoms with Crippen molar-refractivity contribution >= 4 is 11.3 Å². The summed E-state index contributed by atoms with van der Waals surface area (Å²) in [6, 6.07) is 0. The molecule has 0 unspecified atom stereocenters. The summed E-state index contributed by atoms with van der Waals surface area (Å²) < 4.78 is 12.9. The van der Waals surface area contributed by atoms with E-state index < -0.39 is 0 Å². The van der Waals surface area contributed by atoms with E-state index in [0.717, 1.165) is 37.8 Å². The van der Waals surface area contributed by atoms with Gasteiger partial charge in [-0.3, -0.25) is 9.58 Å². The van der Waals surface area contributed by atoms with Crippen LogP contribution >= 0.6 is 11.3 Å². The molecular weight excluding hydrogens is 292 g/mol. The van der Waals surface area contributed by atoms with Gasteiger partial charge in [0.25, 0.3) is 5.19 Å². The van der Waals surface area contributed by atoms with Gasteiger partial charge in [0.1, 0.15) is 17.7 Å². The van der Waals surface area contributed by atoms with Gasteiger partial charge >= 0.3 is 0 Å². The van der Waals surface area contributed by atoms with E-state index in [1.165, 1.54) is 17.7 Å². The Bertz CT molecular complexity index is 546. The van der Waals surface area contributed by atoms with E-state index in [1.54, 1.807) is 11.0 Å². The fourth-order valence-electron chi connectivity index (χ4n) is 2.25. The Hall–Kier alpha value is -1.58. The molecule has 0 bridgehead atoms. The van der Waals surface area contributed by atoms with Crippen LogP contribution in [-0.2, 0) is 17.8 Å². The summed E-state index contributed by atoms with van der Waals surface area (Å²) in [6.45, 7) is 6.53. The average molecular weight is 310 g/mol. The zero-order chi connectivity index (χ0) is 14.5. The van der Waals surface area contributed by atoms with E-state index >= 15 is 0 Å². The number of hydrogen-bond donors (Lipinski definition) is 0. The minimum atomic E-state index is 0.125. The maximum absolute atomic E-state index is 5.78. The molecule has 1 fully saturated rings. The number of ether oxygens (including phenoxy) is 2. The minimum absolute atomic E-state index is 0.125. The summed E-state index contributed by atoms with van der Waals surface area (Å²) in [5.41, 5.74) is 0. The SMILES string of the molecule is CCOc1nnc(CN2CCO[C@H](Cn3cncn3)C2)s1. The van der Waals surface area contributed by atoms with Crippen molar-refractivity contribution in [2.24, 2.45) is 0 Å². The first kappa shape index (κ1) is 14.4. The second-order valence-electron chi connectivity index (χ2n) is 4.74. The number of hydrogen-bond acceptors (Lipinski definition) is 8. The van der Waals surface area contributed by atoms with Crippen LogP contribution in [0.1, 0.15) is 11.9 Å². The topological polar surface area (TPSA) is 78.2 Å². The van der Waals surface area contributed by atoms with Crippen LogP contribution in [0.3, 0.4) is 0 Å². The quantitative estimate of drug-likeness (QED) is 0.765. The lowest BCUT2D eigenvalue weighted by Gasteiger charge is -2.32. The summed E-state index contributed by atoms with van der Waals surface area (Å²) in [7, 11) is 0. The molecule has 0 spiro atoms. The van der Waals surface area contributed by atoms with Crippen LogP contribution in [-0.4, -0.2) is 62.3 Å². The van der Waals surface area contributed by atoms with E-state index in [1.807, 2.05) is 6.92 Å². The predicted molar refractivity (Wildman–Crippen MR) is 76.1 cm³/mol. The Labute approximate surface area is 126 Å². The van der Waals surface area contributed by atoms with Crippen molar-refractivity contribution in [3.63, 3.8) is 0 Å². The highest BCUT2D eigenvalue weighted by Gasteiger charge is 2.22. The highest BCUT2D eigenvalue weighted by Crippen LogP contribution is 2.20. The van der Waals surface area contributed by atoms with Gasteiger partial charge in [0.05, 0.1) is 32.4 Å². The fourth-order valence-corrected chi connectivity index (χ4v) is 3.03. The molecule has 9 heteroatoms. The van der Waals surface area contributed by atoms with E-state index in [9.17, 15) is 0 Å². The molecule has 1 atom stereocenters. The summed E-state index contributed by atoms with van der Waals surface area (Å²) in [6.07, 6.45) is 3.37. The standard InChI is InChI=1S/C12H18N6O2S/c1-2-19-12-16-15-11(21-12)7-17-3-4-20-10(5-17)6-18-9-13-8-14-18/h8-10H,2-7H2,1H3/t10-/m0/s1. The molecule has 0 aliphatic carbocycles. The number of rotatable bonds is 6. The third kappa shape index (κ3) is 3.96. The number of nitrogens with zero attached hydrogens (tertiary/aromatic N) is 6. The lowest BCUT2D eigenvalue weighted by atomic mass is 10.2. The molecule has 0 amide bonds. The first-order valence-electron chi connectivity index (χ1n) is 6.95. The van der Waals surface area contributed by atoms with Crippen molar-refractivity contribution in [3.05, 3.63) is 17.7 Å². The summed E-state index contributed by atoms with van der Waals surface area (Å²) in [5.74, 6) is 0. The van der Waals surface area contributed by atoms with E-state index in [0.29, 0.717) is 11.8 Å². The Kier molecular flexibility index (Phi) is 4.73. The van der Waals surface area contributed by atoms with Crippen LogP contribution in [0.4, 0.5) is 0 Å². The molecule has 1 aliphatic heterocycles. The molecule has 3 rings (SSSR count). The van der Waals surface area contributed by atoms with Crippen molar-refractivity contribution < 1.29 is 9.47 Å². The van der Waals surface area contributed by atoms with Crippen LogP contribution in [0.15, 0.2) is 12.7 Å². The maximum Gasteiger partial charge on any atom is 0.294 e. The van der Waals surface area contributed by atoms with Gasteiger partial charge in [-0.05, 0) is 6.92 Å². The molecule has 1 saturated heterocycles. The summed E-state index contributed by atoms with van der Waals surface area (Å²) in [4.78, 5) is 6.27. The molecule has 3 heterocycles. The van der Waals surface area contributed by atoms with Gasteiger partial charge in [0.15, 0.2) is 0 Å². The van der Waals surface area contributed by atoms with Crippen molar-refractivity contribution in [2.45, 2.75) is 26.1 Å². The smallest absolute Gasteiger partial charge is 0.294 e. The molecule has 0 N–H and O–H groups in total. The number of aromatic nitrogens is 5. The molecule has 0 radical (unpaired) electrons. The summed E-state index contributed by atoms with van der Waals surface area (Å²) in [5, 5.41) is 13.9. The van der Waals surface area contributed by atoms with Crippen molar-refractivity contribution in [1.82, 2.24) is 29.9 Å². The summed E-state index contributed by atoms with van der Waals surface area (Å²) >= 11 is 1.50. The zero-order valence-corrected chi connectivity index (χ0v) is 12.7. The van der Waals surface area contributed by atoms with Gasteiger partial charge in [0, 0.05) is 13.1 Å². The van der Waals surface area contributed by atoms with Crippen molar-refractivity contribution in [1.29, 1.82) is 0 Å². The first-order valence-corrected chi connectivity index (χ1v) is 7.76. The van der Waals surface area contributed by atoms with Gasteiger partial charge < -0.3 is 9.47 Å². The maximum atomic E-state index is 5.78. The van der Waals surface area contributed by atoms with Crippen LogP contribution in [0, 0.1) is 0 Å². The largest absolute Gasteiger partial charge is 0.469 e. The predicted octanol–water partition coefficient (Wildman–Crippen LogP) is 0.429. The van der Waals surface area contributed by atoms with Gasteiger partial charge in [-0.15, -0.1) is 10.2 Å². The van der Waals surface area contributed by atoms with Gasteiger partial charge in [0.2, 0.25) is 0 Å². The fraction of sp³-hybridized carbons (Fsp3) is 0.667. The molecule has 114 valence electrons. The third-order valence-corrected chi connectivity index (χ3v) is 3.98. The molecule has 2 aromatic rings. The lowest BCUT2D eigenvalue weighted by molar-refractivity contribution is -0.0403. The highest BCUT2D eigenvalue weighted by molar-refractivity contribution is 7.13. The normalized spacial score (nSPS) is 19.8. The van der Waals surface area contributed by atoms with Gasteiger partial charge in [-0.2, -0.15) is 5.10 Å². The zero-order valence-electron chi connectivity index (χ0n) is 11.9. The van der Waals surface area contributed by atoms with Crippen LogP contribution in [0.2, 0.25) is 0 Å². The second-order valence-corrected chi connectivity index (χ2v) is 5.76. The van der Waals surface area contributed by atoms with E-state index in [4.69, 9.17) is 9.47 Å². The molecular formula is C12H18N6O2S. The van der Waals surface area contributed by atoms with E-state index in [2.05, 4.69) is 25.2 Å². The highest BCUT2D eigenvalue weighted by atomic mass is 32.1. The second kappa shape index (κ2) is 6.92. The van der Waals surface area contributed by atoms with Gasteiger partial charge in [-0.25, -0.2) is 4.98 Å². The van der Waals surface area contributed by atoms with E-state index in [-0.39, 0.29) is 6.10 Å².